The molecule has 98 valence electrons. The molecule has 5 heteroatoms. The Bertz CT molecular complexity index is 415. The third-order valence-electron chi connectivity index (χ3n) is 2.71. The Labute approximate surface area is 106 Å². The summed E-state index contributed by atoms with van der Waals surface area (Å²) in [6, 6.07) is 6.59. The molecule has 0 aromatic heterocycles. The van der Waals surface area contributed by atoms with E-state index in [0.29, 0.717) is 13.1 Å². The molecule has 18 heavy (non-hydrogen) atoms. The van der Waals surface area contributed by atoms with Crippen LogP contribution < -0.4 is 5.32 Å². The number of nitrogens with zero attached hydrogens (tertiary/aromatic N) is 1. The van der Waals surface area contributed by atoms with Crippen LogP contribution in [0.4, 0.5) is 0 Å². The molecule has 2 N–H and O–H groups in total. The van der Waals surface area contributed by atoms with Crippen molar-refractivity contribution in [1.29, 1.82) is 0 Å². The number of benzene rings is 1. The lowest BCUT2D eigenvalue weighted by Crippen LogP contribution is -2.35. The van der Waals surface area contributed by atoms with Crippen LogP contribution in [0, 0.1) is 0 Å². The molecule has 1 rings (SSSR count). The molecule has 0 aliphatic heterocycles. The molecule has 0 atom stereocenters. The van der Waals surface area contributed by atoms with Gasteiger partial charge in [0.2, 0.25) is 5.91 Å². The lowest BCUT2D eigenvalue weighted by Gasteiger charge is -2.14. The van der Waals surface area contributed by atoms with Crippen molar-refractivity contribution < 1.29 is 14.7 Å². The smallest absolute Gasteiger partial charge is 0.335 e. The van der Waals surface area contributed by atoms with Crippen LogP contribution in [0.5, 0.6) is 0 Å². The highest BCUT2D eigenvalue weighted by Gasteiger charge is 2.05. The normalized spacial score (nSPS) is 10.1. The Balaban J connectivity index is 2.40. The number of hydrogen-bond donors (Lipinski definition) is 2. The largest absolute Gasteiger partial charge is 0.478 e. The first-order chi connectivity index (χ1) is 8.54. The van der Waals surface area contributed by atoms with Gasteiger partial charge in [0.15, 0.2) is 0 Å². The zero-order valence-corrected chi connectivity index (χ0v) is 10.6. The topological polar surface area (TPSA) is 69.6 Å². The molecule has 1 aromatic rings. The van der Waals surface area contributed by atoms with Gasteiger partial charge in [0, 0.05) is 20.1 Å². The molecule has 1 aromatic carbocycles. The van der Waals surface area contributed by atoms with Crippen LogP contribution in [0.15, 0.2) is 24.3 Å². The van der Waals surface area contributed by atoms with Crippen LogP contribution >= 0.6 is 0 Å². The van der Waals surface area contributed by atoms with Gasteiger partial charge in [0.25, 0.3) is 0 Å². The van der Waals surface area contributed by atoms with Crippen LogP contribution in [-0.2, 0) is 11.3 Å². The molecular formula is C13H18N2O3. The highest BCUT2D eigenvalue weighted by Crippen LogP contribution is 2.04. The van der Waals surface area contributed by atoms with Gasteiger partial charge in [-0.15, -0.1) is 0 Å². The molecule has 5 nitrogen and oxygen atoms in total. The molecule has 0 saturated carbocycles. The van der Waals surface area contributed by atoms with E-state index in [9.17, 15) is 9.59 Å². The van der Waals surface area contributed by atoms with Crippen molar-refractivity contribution in [2.24, 2.45) is 0 Å². The van der Waals surface area contributed by atoms with E-state index in [1.165, 1.54) is 0 Å². The van der Waals surface area contributed by atoms with Crippen LogP contribution in [-0.4, -0.2) is 42.0 Å². The minimum Gasteiger partial charge on any atom is -0.478 e. The summed E-state index contributed by atoms with van der Waals surface area (Å²) in [5, 5.41) is 11.8. The lowest BCUT2D eigenvalue weighted by molar-refractivity contribution is -0.128. The number of aromatic carboxylic acids is 1. The van der Waals surface area contributed by atoms with Crippen molar-refractivity contribution in [2.45, 2.75) is 13.5 Å². The number of carboxylic acid groups (broad SMARTS) is 1. The Hall–Kier alpha value is -1.88. The molecule has 0 aliphatic rings. The van der Waals surface area contributed by atoms with Crippen LogP contribution in [0.25, 0.3) is 0 Å². The number of carbonyl (C=O) groups is 2. The van der Waals surface area contributed by atoms with Crippen molar-refractivity contribution in [3.8, 4) is 0 Å². The SMILES string of the molecule is CCN(C)C(=O)CNCc1ccc(C(=O)O)cc1. The van der Waals surface area contributed by atoms with Gasteiger partial charge in [-0.05, 0) is 24.6 Å². The maximum absolute atomic E-state index is 11.5. The lowest BCUT2D eigenvalue weighted by atomic mass is 10.1. The minimum absolute atomic E-state index is 0.0413. The van der Waals surface area contributed by atoms with Crippen molar-refractivity contribution in [1.82, 2.24) is 10.2 Å². The van der Waals surface area contributed by atoms with Crippen molar-refractivity contribution in [3.63, 3.8) is 0 Å². The van der Waals surface area contributed by atoms with E-state index in [4.69, 9.17) is 5.11 Å². The van der Waals surface area contributed by atoms with Gasteiger partial charge in [-0.2, -0.15) is 0 Å². The minimum atomic E-state index is -0.936. The average Bonchev–Trinajstić information content (AvgIpc) is 2.38. The molecule has 0 fully saturated rings. The second-order valence-corrected chi connectivity index (χ2v) is 4.01. The summed E-state index contributed by atoms with van der Waals surface area (Å²) in [5.74, 6) is -0.895. The van der Waals surface area contributed by atoms with Crippen molar-refractivity contribution in [2.75, 3.05) is 20.1 Å². The van der Waals surface area contributed by atoms with Gasteiger partial charge in [0.1, 0.15) is 0 Å². The number of amides is 1. The first-order valence-electron chi connectivity index (χ1n) is 5.81. The highest BCUT2D eigenvalue weighted by atomic mass is 16.4. The summed E-state index contributed by atoms with van der Waals surface area (Å²) >= 11 is 0. The van der Waals surface area contributed by atoms with Gasteiger partial charge in [0.05, 0.1) is 12.1 Å². The van der Waals surface area contributed by atoms with Gasteiger partial charge in [-0.3, -0.25) is 4.79 Å². The van der Waals surface area contributed by atoms with Crippen LogP contribution in [0.3, 0.4) is 0 Å². The maximum atomic E-state index is 11.5. The first-order valence-corrected chi connectivity index (χ1v) is 5.81. The predicted molar refractivity (Wildman–Crippen MR) is 68.4 cm³/mol. The van der Waals surface area contributed by atoms with E-state index in [1.807, 2.05) is 6.92 Å². The molecule has 0 unspecified atom stereocenters. The predicted octanol–water partition coefficient (Wildman–Crippen LogP) is 0.953. The highest BCUT2D eigenvalue weighted by molar-refractivity contribution is 5.87. The number of rotatable bonds is 6. The molecular weight excluding hydrogens is 232 g/mol. The molecule has 0 heterocycles. The first kappa shape index (κ1) is 14.2. The standard InChI is InChI=1S/C13H18N2O3/c1-3-15(2)12(16)9-14-8-10-4-6-11(7-5-10)13(17)18/h4-7,14H,3,8-9H2,1-2H3,(H,17,18). The Morgan fingerprint density at radius 3 is 2.39 bits per heavy atom. The second kappa shape index (κ2) is 6.76. The summed E-state index contributed by atoms with van der Waals surface area (Å²) in [6.45, 7) is 3.44. The van der Waals surface area contributed by atoms with Gasteiger partial charge in [-0.1, -0.05) is 12.1 Å². The summed E-state index contributed by atoms with van der Waals surface area (Å²) in [4.78, 5) is 23.8. The summed E-state index contributed by atoms with van der Waals surface area (Å²) < 4.78 is 0. The Kier molecular flexibility index (Phi) is 5.32. The van der Waals surface area contributed by atoms with E-state index in [-0.39, 0.29) is 18.0 Å². The number of carboxylic acids is 1. The monoisotopic (exact) mass is 250 g/mol. The third kappa shape index (κ3) is 4.18. The van der Waals surface area contributed by atoms with E-state index >= 15 is 0 Å². The summed E-state index contributed by atoms with van der Waals surface area (Å²) in [5.41, 5.74) is 1.22. The maximum Gasteiger partial charge on any atom is 0.335 e. The Morgan fingerprint density at radius 1 is 1.28 bits per heavy atom. The van der Waals surface area contributed by atoms with Crippen molar-refractivity contribution in [3.05, 3.63) is 35.4 Å². The van der Waals surface area contributed by atoms with Gasteiger partial charge >= 0.3 is 5.97 Å². The molecule has 0 spiro atoms. The van der Waals surface area contributed by atoms with Gasteiger partial charge in [-0.25, -0.2) is 4.79 Å². The molecule has 0 saturated heterocycles. The van der Waals surface area contributed by atoms with E-state index in [0.717, 1.165) is 5.56 Å². The molecule has 0 bridgehead atoms. The summed E-state index contributed by atoms with van der Waals surface area (Å²) in [6.07, 6.45) is 0. The Morgan fingerprint density at radius 2 is 1.89 bits per heavy atom. The zero-order chi connectivity index (χ0) is 13.5. The quantitative estimate of drug-likeness (QED) is 0.788. The number of carbonyl (C=O) groups excluding carboxylic acids is 1. The van der Waals surface area contributed by atoms with Crippen LogP contribution in [0.1, 0.15) is 22.8 Å². The van der Waals surface area contributed by atoms with E-state index in [2.05, 4.69) is 5.32 Å². The molecule has 0 radical (unpaired) electrons. The third-order valence-corrected chi connectivity index (χ3v) is 2.71. The fourth-order valence-electron chi connectivity index (χ4n) is 1.39. The van der Waals surface area contributed by atoms with E-state index < -0.39 is 5.97 Å². The average molecular weight is 250 g/mol. The summed E-state index contributed by atoms with van der Waals surface area (Å²) in [7, 11) is 1.76. The van der Waals surface area contributed by atoms with Gasteiger partial charge < -0.3 is 15.3 Å². The number of nitrogens with one attached hydrogen (secondary N) is 1. The number of hydrogen-bond acceptors (Lipinski definition) is 3. The van der Waals surface area contributed by atoms with E-state index in [1.54, 1.807) is 36.2 Å². The molecule has 0 aliphatic carbocycles. The van der Waals surface area contributed by atoms with Crippen LogP contribution in [0.2, 0.25) is 0 Å². The number of likely N-dealkylation sites (N-methyl/N-ethyl adjacent to an activating group) is 1. The second-order valence-electron chi connectivity index (χ2n) is 4.01. The zero-order valence-electron chi connectivity index (χ0n) is 10.6. The van der Waals surface area contributed by atoms with Crippen molar-refractivity contribution >= 4 is 11.9 Å². The fourth-order valence-corrected chi connectivity index (χ4v) is 1.39. The molecule has 1 amide bonds. The fraction of sp³-hybridized carbons (Fsp3) is 0.385.